The topological polar surface area (TPSA) is 32.3 Å². The van der Waals surface area contributed by atoms with Crippen molar-refractivity contribution in [1.29, 1.82) is 0 Å². The number of amides is 1. The number of carbonyl (C=O) groups excluding carboxylic acids is 1. The van der Waals surface area contributed by atoms with Gasteiger partial charge in [0.1, 0.15) is 0 Å². The van der Waals surface area contributed by atoms with Crippen LogP contribution in [0.3, 0.4) is 0 Å². The van der Waals surface area contributed by atoms with Crippen LogP contribution in [-0.4, -0.2) is 37.0 Å². The molecule has 0 aromatic carbocycles. The molecule has 1 N–H and O–H groups in total. The molecule has 0 spiro atoms. The molecule has 3 atom stereocenters. The van der Waals surface area contributed by atoms with Gasteiger partial charge in [0, 0.05) is 20.1 Å². The summed E-state index contributed by atoms with van der Waals surface area (Å²) in [5, 5.41) is 3.43. The summed E-state index contributed by atoms with van der Waals surface area (Å²) >= 11 is 0. The van der Waals surface area contributed by atoms with Crippen molar-refractivity contribution in [3.63, 3.8) is 0 Å². The van der Waals surface area contributed by atoms with Crippen molar-refractivity contribution >= 4 is 5.91 Å². The van der Waals surface area contributed by atoms with E-state index in [1.165, 1.54) is 25.7 Å². The zero-order chi connectivity index (χ0) is 11.4. The fourth-order valence-electron chi connectivity index (χ4n) is 2.41. The Morgan fingerprint density at radius 2 is 2.13 bits per heavy atom. The van der Waals surface area contributed by atoms with Crippen LogP contribution in [0.2, 0.25) is 0 Å². The Kier molecular flexibility index (Phi) is 4.58. The quantitative estimate of drug-likeness (QED) is 0.768. The summed E-state index contributed by atoms with van der Waals surface area (Å²) in [5.41, 5.74) is 0. The SMILES string of the molecule is CCC1CCC(NC(C)C(=O)N(C)C)C1. The van der Waals surface area contributed by atoms with Crippen molar-refractivity contribution in [1.82, 2.24) is 10.2 Å². The van der Waals surface area contributed by atoms with Gasteiger partial charge in [0.05, 0.1) is 6.04 Å². The van der Waals surface area contributed by atoms with Crippen molar-refractivity contribution in [2.75, 3.05) is 14.1 Å². The molecule has 0 bridgehead atoms. The van der Waals surface area contributed by atoms with Crippen LogP contribution in [0.1, 0.15) is 39.5 Å². The van der Waals surface area contributed by atoms with E-state index in [0.717, 1.165) is 5.92 Å². The molecule has 0 radical (unpaired) electrons. The van der Waals surface area contributed by atoms with Gasteiger partial charge in [-0.15, -0.1) is 0 Å². The number of hydrogen-bond acceptors (Lipinski definition) is 2. The fraction of sp³-hybridized carbons (Fsp3) is 0.917. The van der Waals surface area contributed by atoms with Gasteiger partial charge in [0.15, 0.2) is 0 Å². The highest BCUT2D eigenvalue weighted by molar-refractivity contribution is 5.80. The van der Waals surface area contributed by atoms with Gasteiger partial charge in [-0.1, -0.05) is 13.3 Å². The third-order valence-electron chi connectivity index (χ3n) is 3.42. The van der Waals surface area contributed by atoms with Gasteiger partial charge >= 0.3 is 0 Å². The number of hydrogen-bond donors (Lipinski definition) is 1. The second kappa shape index (κ2) is 5.50. The molecule has 88 valence electrons. The van der Waals surface area contributed by atoms with Gasteiger partial charge in [0.2, 0.25) is 5.91 Å². The minimum Gasteiger partial charge on any atom is -0.347 e. The van der Waals surface area contributed by atoms with E-state index in [1.54, 1.807) is 4.90 Å². The van der Waals surface area contributed by atoms with E-state index < -0.39 is 0 Å². The maximum Gasteiger partial charge on any atom is 0.238 e. The van der Waals surface area contributed by atoms with Gasteiger partial charge in [-0.3, -0.25) is 4.79 Å². The van der Waals surface area contributed by atoms with Crippen molar-refractivity contribution in [3.8, 4) is 0 Å². The lowest BCUT2D eigenvalue weighted by molar-refractivity contribution is -0.130. The number of rotatable bonds is 4. The van der Waals surface area contributed by atoms with E-state index in [1.807, 2.05) is 21.0 Å². The molecule has 1 saturated carbocycles. The molecule has 0 aromatic heterocycles. The van der Waals surface area contributed by atoms with E-state index in [9.17, 15) is 4.79 Å². The van der Waals surface area contributed by atoms with Crippen LogP contribution in [0.25, 0.3) is 0 Å². The fourth-order valence-corrected chi connectivity index (χ4v) is 2.41. The van der Waals surface area contributed by atoms with Gasteiger partial charge in [-0.05, 0) is 32.1 Å². The van der Waals surface area contributed by atoms with Gasteiger partial charge in [-0.2, -0.15) is 0 Å². The molecule has 1 aliphatic rings. The lowest BCUT2D eigenvalue weighted by Gasteiger charge is -2.21. The molecule has 0 heterocycles. The second-order valence-corrected chi connectivity index (χ2v) is 4.91. The summed E-state index contributed by atoms with van der Waals surface area (Å²) in [5.74, 6) is 1.04. The maximum atomic E-state index is 11.6. The first-order valence-electron chi connectivity index (χ1n) is 6.01. The Morgan fingerprint density at radius 1 is 1.47 bits per heavy atom. The summed E-state index contributed by atoms with van der Waals surface area (Å²) < 4.78 is 0. The van der Waals surface area contributed by atoms with Crippen LogP contribution >= 0.6 is 0 Å². The summed E-state index contributed by atoms with van der Waals surface area (Å²) in [4.78, 5) is 13.3. The van der Waals surface area contributed by atoms with Gasteiger partial charge in [-0.25, -0.2) is 0 Å². The molecule has 1 amide bonds. The minimum absolute atomic E-state index is 0.0411. The first-order chi connectivity index (χ1) is 7.04. The van der Waals surface area contributed by atoms with E-state index in [2.05, 4.69) is 12.2 Å². The van der Waals surface area contributed by atoms with Crippen LogP contribution < -0.4 is 5.32 Å². The highest BCUT2D eigenvalue weighted by Crippen LogP contribution is 2.28. The van der Waals surface area contributed by atoms with E-state index >= 15 is 0 Å². The van der Waals surface area contributed by atoms with Crippen LogP contribution in [0.5, 0.6) is 0 Å². The lowest BCUT2D eigenvalue weighted by atomic mass is 10.1. The monoisotopic (exact) mass is 212 g/mol. The van der Waals surface area contributed by atoms with E-state index in [4.69, 9.17) is 0 Å². The van der Waals surface area contributed by atoms with Crippen LogP contribution in [0, 0.1) is 5.92 Å². The Hall–Kier alpha value is -0.570. The van der Waals surface area contributed by atoms with Crippen LogP contribution in [0.15, 0.2) is 0 Å². The predicted octanol–water partition coefficient (Wildman–Crippen LogP) is 1.63. The zero-order valence-corrected chi connectivity index (χ0v) is 10.4. The highest BCUT2D eigenvalue weighted by Gasteiger charge is 2.26. The molecule has 3 heteroatoms. The average Bonchev–Trinajstić information content (AvgIpc) is 2.64. The predicted molar refractivity (Wildman–Crippen MR) is 62.7 cm³/mol. The number of nitrogens with zero attached hydrogens (tertiary/aromatic N) is 1. The Morgan fingerprint density at radius 3 is 2.60 bits per heavy atom. The Labute approximate surface area is 93.2 Å². The average molecular weight is 212 g/mol. The molecule has 1 fully saturated rings. The molecule has 0 aliphatic heterocycles. The van der Waals surface area contributed by atoms with Gasteiger partial charge < -0.3 is 10.2 Å². The van der Waals surface area contributed by atoms with Crippen molar-refractivity contribution < 1.29 is 4.79 Å². The smallest absolute Gasteiger partial charge is 0.238 e. The maximum absolute atomic E-state index is 11.6. The molecule has 0 aromatic rings. The molecular weight excluding hydrogens is 188 g/mol. The summed E-state index contributed by atoms with van der Waals surface area (Å²) in [6.45, 7) is 4.21. The zero-order valence-electron chi connectivity index (χ0n) is 10.4. The van der Waals surface area contributed by atoms with Crippen molar-refractivity contribution in [2.45, 2.75) is 51.6 Å². The summed E-state index contributed by atoms with van der Waals surface area (Å²) in [6, 6.07) is 0.509. The first kappa shape index (κ1) is 12.5. The molecule has 1 aliphatic carbocycles. The lowest BCUT2D eigenvalue weighted by Crippen LogP contribution is -2.45. The third kappa shape index (κ3) is 3.49. The summed E-state index contributed by atoms with van der Waals surface area (Å²) in [6.07, 6.45) is 5.05. The minimum atomic E-state index is -0.0411. The highest BCUT2D eigenvalue weighted by atomic mass is 16.2. The molecule has 0 saturated heterocycles. The molecule has 3 unspecified atom stereocenters. The van der Waals surface area contributed by atoms with Crippen LogP contribution in [0.4, 0.5) is 0 Å². The molecule has 3 nitrogen and oxygen atoms in total. The third-order valence-corrected chi connectivity index (χ3v) is 3.42. The standard InChI is InChI=1S/C12H24N2O/c1-5-10-6-7-11(8-10)13-9(2)12(15)14(3)4/h9-11,13H,5-8H2,1-4H3. The largest absolute Gasteiger partial charge is 0.347 e. The Balaban J connectivity index is 2.33. The van der Waals surface area contributed by atoms with E-state index in [0.29, 0.717) is 6.04 Å². The van der Waals surface area contributed by atoms with Crippen molar-refractivity contribution in [2.24, 2.45) is 5.92 Å². The molecule has 15 heavy (non-hydrogen) atoms. The van der Waals surface area contributed by atoms with Crippen LogP contribution in [-0.2, 0) is 4.79 Å². The molecule has 1 rings (SSSR count). The normalized spacial score (nSPS) is 27.7. The van der Waals surface area contributed by atoms with Gasteiger partial charge in [0.25, 0.3) is 0 Å². The summed E-state index contributed by atoms with van der Waals surface area (Å²) in [7, 11) is 3.62. The second-order valence-electron chi connectivity index (χ2n) is 4.91. The number of likely N-dealkylation sites (N-methyl/N-ethyl adjacent to an activating group) is 1. The molecular formula is C12H24N2O. The Bertz CT molecular complexity index is 216. The number of carbonyl (C=O) groups is 1. The van der Waals surface area contributed by atoms with E-state index in [-0.39, 0.29) is 11.9 Å². The van der Waals surface area contributed by atoms with Crippen molar-refractivity contribution in [3.05, 3.63) is 0 Å². The number of nitrogens with one attached hydrogen (secondary N) is 1. The first-order valence-corrected chi connectivity index (χ1v) is 6.01.